The predicted octanol–water partition coefficient (Wildman–Crippen LogP) is 3.73. The van der Waals surface area contributed by atoms with Gasteiger partial charge in [-0.3, -0.25) is 19.5 Å². The Morgan fingerprint density at radius 1 is 1.33 bits per heavy atom. The molecule has 1 aromatic carbocycles. The molecule has 2 N–H and O–H groups in total. The van der Waals surface area contributed by atoms with E-state index in [1.54, 1.807) is 18.5 Å². The highest BCUT2D eigenvalue weighted by atomic mass is 35.5. The van der Waals surface area contributed by atoms with Crippen LogP contribution in [0.5, 0.6) is 0 Å². The maximum Gasteiger partial charge on any atom is 0.338 e. The number of fused-ring (bicyclic) bond motifs is 1. The third-order valence-corrected chi connectivity index (χ3v) is 8.95. The summed E-state index contributed by atoms with van der Waals surface area (Å²) in [7, 11) is 0. The van der Waals surface area contributed by atoms with Gasteiger partial charge in [0, 0.05) is 48.5 Å². The number of benzene rings is 1. The zero-order chi connectivity index (χ0) is 31.3. The predicted molar refractivity (Wildman–Crippen MR) is 151 cm³/mol. The number of amides is 1. The summed E-state index contributed by atoms with van der Waals surface area (Å²) in [5.74, 6) is -8.39. The van der Waals surface area contributed by atoms with E-state index in [1.807, 2.05) is 0 Å². The molecular weight excluding hydrogens is 611 g/mol. The fraction of sp³-hybridized carbons (Fsp3) is 0.464. The molecule has 2 saturated heterocycles. The second-order valence-electron chi connectivity index (χ2n) is 11.2. The van der Waals surface area contributed by atoms with Crippen molar-refractivity contribution in [1.82, 2.24) is 20.1 Å². The van der Waals surface area contributed by atoms with Gasteiger partial charge >= 0.3 is 11.9 Å². The van der Waals surface area contributed by atoms with Crippen molar-refractivity contribution in [3.05, 3.63) is 62.5 Å². The molecule has 3 aliphatic heterocycles. The van der Waals surface area contributed by atoms with Crippen LogP contribution >= 0.6 is 22.9 Å². The van der Waals surface area contributed by atoms with E-state index in [9.17, 15) is 23.9 Å². The summed E-state index contributed by atoms with van der Waals surface area (Å²) < 4.78 is 50.7. The summed E-state index contributed by atoms with van der Waals surface area (Å²) in [6, 6.07) is 1.97. The number of carboxylic acids is 1. The molecule has 10 nitrogen and oxygen atoms in total. The number of ether oxygens (including phenoxy) is 1. The first-order valence-electron chi connectivity index (χ1n) is 13.5. The number of halogens is 4. The zero-order valence-electron chi connectivity index (χ0n) is 23.4. The lowest BCUT2D eigenvalue weighted by Crippen LogP contribution is -2.45. The Balaban J connectivity index is 1.56. The Morgan fingerprint density at radius 3 is 2.72 bits per heavy atom. The van der Waals surface area contributed by atoms with Gasteiger partial charge in [-0.15, -0.1) is 11.3 Å². The number of hydrogen-bond acceptors (Lipinski definition) is 9. The van der Waals surface area contributed by atoms with Crippen molar-refractivity contribution in [3.8, 4) is 0 Å². The fourth-order valence-corrected chi connectivity index (χ4v) is 6.51. The van der Waals surface area contributed by atoms with Crippen LogP contribution in [0.1, 0.15) is 37.4 Å². The smallest absolute Gasteiger partial charge is 0.338 e. The van der Waals surface area contributed by atoms with Gasteiger partial charge in [0.2, 0.25) is 5.91 Å². The summed E-state index contributed by atoms with van der Waals surface area (Å²) in [5.41, 5.74) is -1.07. The summed E-state index contributed by atoms with van der Waals surface area (Å²) in [4.78, 5) is 49.7. The summed E-state index contributed by atoms with van der Waals surface area (Å²) in [6.07, 6.45) is 1.54. The number of hydrogen-bond donors (Lipinski definition) is 2. The molecule has 0 radical (unpaired) electrons. The first kappa shape index (κ1) is 31.0. The molecule has 0 spiro atoms. The van der Waals surface area contributed by atoms with Gasteiger partial charge in [0.05, 0.1) is 29.2 Å². The van der Waals surface area contributed by atoms with Crippen LogP contribution in [0.15, 0.2) is 46.0 Å². The van der Waals surface area contributed by atoms with Gasteiger partial charge in [-0.25, -0.2) is 22.9 Å². The average Bonchev–Trinajstić information content (AvgIpc) is 3.63. The third kappa shape index (κ3) is 5.75. The van der Waals surface area contributed by atoms with Gasteiger partial charge in [-0.05, 0) is 26.8 Å². The van der Waals surface area contributed by atoms with E-state index < -0.39 is 59.5 Å². The molecule has 0 aliphatic carbocycles. The Hall–Kier alpha value is -3.49. The third-order valence-electron chi connectivity index (χ3n) is 7.77. The monoisotopic (exact) mass is 639 g/mol. The number of rotatable bonds is 9. The number of nitrogens with zero attached hydrogens (tertiary/aromatic N) is 4. The number of thiazole rings is 1. The van der Waals surface area contributed by atoms with Crippen LogP contribution in [0.25, 0.3) is 0 Å². The molecule has 2 aromatic rings. The number of carbonyl (C=O) groups excluding carboxylic acids is 2. The number of aliphatic carboxylic acids is 1. The van der Waals surface area contributed by atoms with Crippen LogP contribution < -0.4 is 5.32 Å². The van der Waals surface area contributed by atoms with Crippen molar-refractivity contribution in [2.75, 3.05) is 32.8 Å². The Kier molecular flexibility index (Phi) is 8.31. The van der Waals surface area contributed by atoms with Crippen molar-refractivity contribution in [1.29, 1.82) is 0 Å². The van der Waals surface area contributed by atoms with Crippen molar-refractivity contribution in [2.45, 2.75) is 38.8 Å². The quantitative estimate of drug-likeness (QED) is 0.398. The largest absolute Gasteiger partial charge is 0.481 e. The highest BCUT2D eigenvalue weighted by Gasteiger charge is 2.63. The number of carbonyl (C=O) groups is 3. The molecule has 230 valence electrons. The summed E-state index contributed by atoms with van der Waals surface area (Å²) >= 11 is 7.57. The van der Waals surface area contributed by atoms with Gasteiger partial charge in [-0.2, -0.15) is 0 Å². The van der Waals surface area contributed by atoms with Gasteiger partial charge < -0.3 is 20.1 Å². The number of amidine groups is 1. The maximum atomic E-state index is 15.4. The Bertz CT molecular complexity index is 1520. The van der Waals surface area contributed by atoms with Crippen molar-refractivity contribution >= 4 is 46.6 Å². The van der Waals surface area contributed by atoms with E-state index in [0.717, 1.165) is 11.0 Å². The average molecular weight is 640 g/mol. The van der Waals surface area contributed by atoms with E-state index in [4.69, 9.17) is 16.3 Å². The summed E-state index contributed by atoms with van der Waals surface area (Å²) in [6.45, 7) is 3.06. The van der Waals surface area contributed by atoms with E-state index in [0.29, 0.717) is 5.01 Å². The zero-order valence-corrected chi connectivity index (χ0v) is 25.0. The van der Waals surface area contributed by atoms with Crippen LogP contribution in [0.3, 0.4) is 0 Å². The van der Waals surface area contributed by atoms with Crippen LogP contribution in [0, 0.1) is 17.2 Å². The number of esters is 1. The first-order valence-corrected chi connectivity index (χ1v) is 14.7. The molecule has 1 unspecified atom stereocenters. The number of nitrogens with one attached hydrogen (secondary N) is 1. The van der Waals surface area contributed by atoms with Gasteiger partial charge in [-0.1, -0.05) is 23.7 Å². The Morgan fingerprint density at radius 2 is 2.07 bits per heavy atom. The second kappa shape index (κ2) is 11.5. The van der Waals surface area contributed by atoms with E-state index in [-0.39, 0.29) is 53.9 Å². The van der Waals surface area contributed by atoms with E-state index in [1.165, 1.54) is 42.2 Å². The van der Waals surface area contributed by atoms with Crippen LogP contribution in [0.2, 0.25) is 5.02 Å². The van der Waals surface area contributed by atoms with Crippen molar-refractivity contribution < 1.29 is 37.4 Å². The number of aliphatic imine (C=N–C) groups is 1. The number of aromatic nitrogens is 1. The minimum Gasteiger partial charge on any atom is -0.481 e. The number of alkyl halides is 2. The molecular formula is C28H29ClF3N5O5S. The van der Waals surface area contributed by atoms with Crippen LogP contribution in [-0.4, -0.2) is 88.3 Å². The molecule has 5 rings (SSSR count). The fourth-order valence-electron chi connectivity index (χ4n) is 5.70. The lowest BCUT2D eigenvalue weighted by Gasteiger charge is -2.32. The molecule has 0 saturated carbocycles. The molecule has 43 heavy (non-hydrogen) atoms. The van der Waals surface area contributed by atoms with E-state index >= 15 is 8.78 Å². The minimum atomic E-state index is -3.42. The highest BCUT2D eigenvalue weighted by molar-refractivity contribution is 7.11. The van der Waals surface area contributed by atoms with Gasteiger partial charge in [0.25, 0.3) is 5.92 Å². The van der Waals surface area contributed by atoms with E-state index in [2.05, 4.69) is 15.3 Å². The molecule has 2 fully saturated rings. The minimum absolute atomic E-state index is 0.00240. The van der Waals surface area contributed by atoms with Gasteiger partial charge in [0.1, 0.15) is 17.8 Å². The number of likely N-dealkylation sites (tertiary alicyclic amines) is 2. The lowest BCUT2D eigenvalue weighted by atomic mass is 9.93. The molecule has 4 heterocycles. The molecule has 3 aliphatic rings. The SMILES string of the molecule is CCOC(=O)C1=C(CN2CC(F)(F)[C@@H]3C(=O)N(CC(C)(C)C(=O)O)C[C@@H]32)NC(c2nccs2)=NC1c1cccc(F)c1Cl. The summed E-state index contributed by atoms with van der Waals surface area (Å²) in [5, 5.41) is 14.5. The van der Waals surface area contributed by atoms with Gasteiger partial charge in [0.15, 0.2) is 10.8 Å². The van der Waals surface area contributed by atoms with Crippen molar-refractivity contribution in [3.63, 3.8) is 0 Å². The maximum absolute atomic E-state index is 15.4. The standard InChI is InChI=1S/C28H29ClF3N5O5S/c1-4-42-25(39)18-16(34-22(23-33-8-9-43-23)35-21(18)14-6-5-7-15(30)20(14)29)10-36-13-28(31,32)19-17(36)11-37(24(19)38)12-27(2,3)26(40)41/h5-9,17,19,21H,4,10-13H2,1-3H3,(H,34,35)(H,40,41)/t17-,19-,21?/m0/s1. The molecule has 0 bridgehead atoms. The van der Waals surface area contributed by atoms with Crippen molar-refractivity contribution in [2.24, 2.45) is 16.3 Å². The molecule has 3 atom stereocenters. The molecule has 1 amide bonds. The number of carboxylic acid groups (broad SMARTS) is 1. The molecule has 15 heteroatoms. The van der Waals surface area contributed by atoms with Crippen LogP contribution in [0.4, 0.5) is 13.2 Å². The lowest BCUT2D eigenvalue weighted by molar-refractivity contribution is -0.150. The second-order valence-corrected chi connectivity index (χ2v) is 12.5. The topological polar surface area (TPSA) is 124 Å². The Labute approximate surface area is 254 Å². The molecule has 1 aromatic heterocycles. The normalized spacial score (nSPS) is 23.7. The highest BCUT2D eigenvalue weighted by Crippen LogP contribution is 2.45. The van der Waals surface area contributed by atoms with Crippen LogP contribution in [-0.2, 0) is 19.1 Å². The first-order chi connectivity index (χ1) is 20.2.